The third-order valence-corrected chi connectivity index (χ3v) is 5.92. The van der Waals surface area contributed by atoms with Gasteiger partial charge in [-0.2, -0.15) is 0 Å². The second-order valence-electron chi connectivity index (χ2n) is 8.66. The van der Waals surface area contributed by atoms with E-state index in [1.807, 2.05) is 0 Å². The van der Waals surface area contributed by atoms with Crippen LogP contribution >= 0.6 is 24.4 Å². The number of hydrazine groups is 2. The summed E-state index contributed by atoms with van der Waals surface area (Å²) in [5.74, 6) is -0.136. The molecule has 11 nitrogen and oxygen atoms in total. The van der Waals surface area contributed by atoms with Crippen LogP contribution in [0.2, 0.25) is 0 Å². The van der Waals surface area contributed by atoms with Gasteiger partial charge in [0.1, 0.15) is 5.75 Å². The molecule has 0 spiro atoms. The Bertz CT molecular complexity index is 1510. The molecule has 2 aliphatic rings. The van der Waals surface area contributed by atoms with Crippen molar-refractivity contribution < 1.29 is 41.2 Å². The summed E-state index contributed by atoms with van der Waals surface area (Å²) in [5, 5.41) is 10.5. The molecule has 0 saturated carbocycles. The quantitative estimate of drug-likeness (QED) is 0.0786. The number of aromatic hydroxyl groups is 1. The standard InChI is InChI=1S/C30H30N6O5S2.Cu/c1-40-27-15-18(9-13-25(27)38)7-11-22(33-35-29(31)42)21(17-20-5-3-4-6-24(20)37)23(34-36-30(32)43)12-8-19-10-14-26(39)28(16-19)41-2;/h3-17,33-34,37H,1-2H3,(H3,31,35,42)(H3,32,36,43);/q;+2/b18-7+,19-8+,22-11-,23-12-;. The van der Waals surface area contributed by atoms with Gasteiger partial charge < -0.3 is 26.0 Å². The van der Waals surface area contributed by atoms with Crippen LogP contribution in [0.4, 0.5) is 0 Å². The molecular formula is C30H30CuN6O5S2+2. The van der Waals surface area contributed by atoms with Crippen LogP contribution < -0.4 is 33.2 Å². The fraction of sp³-hybridized carbons (Fsp3) is 0.0667. The van der Waals surface area contributed by atoms with Gasteiger partial charge in [0.2, 0.25) is 11.6 Å². The molecule has 0 amide bonds. The van der Waals surface area contributed by atoms with Crippen LogP contribution in [0.5, 0.6) is 5.75 Å². The van der Waals surface area contributed by atoms with Gasteiger partial charge in [-0.1, -0.05) is 42.5 Å². The van der Waals surface area contributed by atoms with E-state index >= 15 is 0 Å². The van der Waals surface area contributed by atoms with E-state index in [2.05, 4.69) is 21.7 Å². The Morgan fingerprint density at radius 2 is 1.23 bits per heavy atom. The number of nitrogens with two attached hydrogens (primary N) is 2. The Kier molecular flexibility index (Phi) is 13.9. The van der Waals surface area contributed by atoms with Crippen LogP contribution in [0.25, 0.3) is 6.08 Å². The fourth-order valence-corrected chi connectivity index (χ4v) is 3.76. The maximum atomic E-state index is 12.0. The second-order valence-corrected chi connectivity index (χ2v) is 9.54. The number of nitrogens with one attached hydrogen (secondary N) is 4. The molecule has 0 aliphatic heterocycles. The first-order valence-corrected chi connectivity index (χ1v) is 13.4. The summed E-state index contributed by atoms with van der Waals surface area (Å²) in [6.07, 6.45) is 17.8. The molecule has 3 rings (SSSR count). The minimum atomic E-state index is -0.257. The molecule has 44 heavy (non-hydrogen) atoms. The first-order valence-electron chi connectivity index (χ1n) is 12.5. The number of hydrogen-bond donors (Lipinski definition) is 7. The number of hydrogen-bond acceptors (Lipinski definition) is 9. The maximum Gasteiger partial charge on any atom is 2.00 e. The molecule has 14 heteroatoms. The van der Waals surface area contributed by atoms with E-state index in [0.717, 1.165) is 0 Å². The van der Waals surface area contributed by atoms with Crippen LogP contribution in [0.1, 0.15) is 5.56 Å². The third-order valence-electron chi connectivity index (χ3n) is 5.72. The number of allylic oxidation sites excluding steroid dienone is 12. The summed E-state index contributed by atoms with van der Waals surface area (Å²) in [7, 11) is 2.83. The molecule has 2 aliphatic carbocycles. The normalized spacial score (nSPS) is 16.3. The molecule has 1 aromatic rings. The van der Waals surface area contributed by atoms with Gasteiger partial charge in [-0.05, 0) is 84.2 Å². The van der Waals surface area contributed by atoms with Crippen LogP contribution in [0.3, 0.4) is 0 Å². The number of carbonyl (C=O) groups excluding carboxylic acids is 2. The zero-order valence-corrected chi connectivity index (χ0v) is 26.1. The number of rotatable bonds is 11. The van der Waals surface area contributed by atoms with Gasteiger partial charge in [0.15, 0.2) is 21.7 Å². The van der Waals surface area contributed by atoms with Crippen molar-refractivity contribution in [1.82, 2.24) is 21.7 Å². The Hall–Kier alpha value is -4.88. The van der Waals surface area contributed by atoms with Crippen molar-refractivity contribution >= 4 is 52.3 Å². The van der Waals surface area contributed by atoms with Gasteiger partial charge in [-0.3, -0.25) is 31.3 Å². The molecule has 0 atom stereocenters. The average molecular weight is 682 g/mol. The molecule has 0 aromatic heterocycles. The molecule has 0 heterocycles. The number of ketones is 2. The van der Waals surface area contributed by atoms with Crippen molar-refractivity contribution in [2.24, 2.45) is 11.5 Å². The topological polar surface area (TPSA) is 173 Å². The van der Waals surface area contributed by atoms with Gasteiger partial charge in [-0.25, -0.2) is 0 Å². The number of methoxy groups -OCH3 is 2. The fourth-order valence-electron chi connectivity index (χ4n) is 3.66. The van der Waals surface area contributed by atoms with Gasteiger partial charge in [0.25, 0.3) is 0 Å². The van der Waals surface area contributed by atoms with Crippen molar-refractivity contribution in [3.8, 4) is 5.75 Å². The van der Waals surface area contributed by atoms with Crippen molar-refractivity contribution in [2.75, 3.05) is 14.2 Å². The molecule has 9 N–H and O–H groups in total. The van der Waals surface area contributed by atoms with Crippen LogP contribution in [0, 0.1) is 0 Å². The van der Waals surface area contributed by atoms with Crippen molar-refractivity contribution in [3.05, 3.63) is 130 Å². The van der Waals surface area contributed by atoms with Crippen molar-refractivity contribution in [1.29, 1.82) is 0 Å². The number of benzene rings is 1. The van der Waals surface area contributed by atoms with Gasteiger partial charge in [0.05, 0.1) is 25.6 Å². The van der Waals surface area contributed by atoms with E-state index in [0.29, 0.717) is 33.7 Å². The van der Waals surface area contributed by atoms with E-state index in [9.17, 15) is 14.7 Å². The number of carbonyl (C=O) groups is 2. The molecule has 0 bridgehead atoms. The molecule has 1 radical (unpaired) electrons. The third kappa shape index (κ3) is 10.4. The van der Waals surface area contributed by atoms with Crippen LogP contribution in [-0.4, -0.2) is 41.1 Å². The van der Waals surface area contributed by atoms with Gasteiger partial charge >= 0.3 is 17.1 Å². The van der Waals surface area contributed by atoms with Crippen LogP contribution in [-0.2, 0) is 36.1 Å². The number of thiocarbonyl (C=S) groups is 2. The predicted octanol–water partition coefficient (Wildman–Crippen LogP) is 2.41. The van der Waals surface area contributed by atoms with Crippen LogP contribution in [0.15, 0.2) is 125 Å². The predicted molar refractivity (Wildman–Crippen MR) is 173 cm³/mol. The van der Waals surface area contributed by atoms with E-state index in [1.165, 1.54) is 26.4 Å². The molecule has 0 unspecified atom stereocenters. The monoisotopic (exact) mass is 681 g/mol. The molecule has 231 valence electrons. The first kappa shape index (κ1) is 35.3. The first-order chi connectivity index (χ1) is 20.6. The average Bonchev–Trinajstić information content (AvgIpc) is 2.98. The maximum absolute atomic E-state index is 12.0. The minimum absolute atomic E-state index is 0. The Morgan fingerprint density at radius 1 is 0.773 bits per heavy atom. The summed E-state index contributed by atoms with van der Waals surface area (Å²) in [6.45, 7) is 0. The Morgan fingerprint density at radius 3 is 1.64 bits per heavy atom. The van der Waals surface area contributed by atoms with Crippen molar-refractivity contribution in [2.45, 2.75) is 0 Å². The van der Waals surface area contributed by atoms with Gasteiger partial charge in [-0.15, -0.1) is 0 Å². The Balaban J connectivity index is 0.00000675. The second kappa shape index (κ2) is 17.3. The summed E-state index contributed by atoms with van der Waals surface area (Å²) >= 11 is 10.0. The SMILES string of the molecule is COC1=C/C(=C/C=C(\NNC(N)=S)C(=Cc2ccccc2O)/C(=C/C=C2\C=CC(=O)C(OC)=C2)NNC(N)=S)C=CC1=O.[Cu+2]. The molecular weight excluding hydrogens is 652 g/mol. The number of para-hydroxylation sites is 1. The van der Waals surface area contributed by atoms with Crippen molar-refractivity contribution in [3.63, 3.8) is 0 Å². The summed E-state index contributed by atoms with van der Waals surface area (Å²) < 4.78 is 10.3. The number of ether oxygens (including phenoxy) is 2. The number of phenols is 1. The molecule has 1 aromatic carbocycles. The zero-order chi connectivity index (χ0) is 31.4. The van der Waals surface area contributed by atoms with E-state index < -0.39 is 0 Å². The zero-order valence-electron chi connectivity index (χ0n) is 23.5. The minimum Gasteiger partial charge on any atom is -0.507 e. The summed E-state index contributed by atoms with van der Waals surface area (Å²) in [4.78, 5) is 24.0. The smallest absolute Gasteiger partial charge is 0.507 e. The summed E-state index contributed by atoms with van der Waals surface area (Å²) in [5.41, 5.74) is 25.9. The summed E-state index contributed by atoms with van der Waals surface area (Å²) in [6, 6.07) is 6.73. The van der Waals surface area contributed by atoms with E-state index in [1.54, 1.807) is 78.9 Å². The molecule has 0 fully saturated rings. The number of phenolic OH excluding ortho intramolecular Hbond substituents is 1. The van der Waals surface area contributed by atoms with E-state index in [4.69, 9.17) is 45.4 Å². The van der Waals surface area contributed by atoms with E-state index in [-0.39, 0.29) is 56.1 Å². The Labute approximate surface area is 275 Å². The van der Waals surface area contributed by atoms with Gasteiger partial charge in [0, 0.05) is 11.1 Å². The molecule has 0 saturated heterocycles. The largest absolute Gasteiger partial charge is 2.00 e.